The molecule has 0 saturated heterocycles. The van der Waals surface area contributed by atoms with Gasteiger partial charge in [0.05, 0.1) is 24.0 Å². The Balaban J connectivity index is 1.83. The van der Waals surface area contributed by atoms with Gasteiger partial charge in [-0.25, -0.2) is 13.1 Å². The summed E-state index contributed by atoms with van der Waals surface area (Å²) in [5.41, 5.74) is 3.95. The Bertz CT molecular complexity index is 1000. The van der Waals surface area contributed by atoms with E-state index in [1.165, 1.54) is 6.07 Å². The lowest BCUT2D eigenvalue weighted by atomic mass is 10.0. The van der Waals surface area contributed by atoms with Crippen molar-refractivity contribution in [1.29, 1.82) is 0 Å². The van der Waals surface area contributed by atoms with Crippen LogP contribution < -0.4 is 15.4 Å². The minimum atomic E-state index is -3.81. The molecule has 2 aromatic rings. The van der Waals surface area contributed by atoms with Gasteiger partial charge < -0.3 is 10.6 Å². The lowest BCUT2D eigenvalue weighted by Gasteiger charge is -2.18. The van der Waals surface area contributed by atoms with E-state index < -0.39 is 22.5 Å². The fraction of sp³-hybridized carbons (Fsp3) is 0.364. The van der Waals surface area contributed by atoms with Gasteiger partial charge in [0.25, 0.3) is 0 Å². The number of carbonyl (C=O) groups excluding carboxylic acids is 2. The zero-order valence-corrected chi connectivity index (χ0v) is 18.6. The molecule has 0 heterocycles. The minimum absolute atomic E-state index is 0.0972. The largest absolute Gasteiger partial charge is 0.348 e. The first-order chi connectivity index (χ1) is 14.1. The minimum Gasteiger partial charge on any atom is -0.348 e. The van der Waals surface area contributed by atoms with Gasteiger partial charge in [0.2, 0.25) is 21.8 Å². The van der Waals surface area contributed by atoms with E-state index in [1.54, 1.807) is 12.1 Å². The summed E-state index contributed by atoms with van der Waals surface area (Å²) in [6.45, 7) is 6.99. The Morgan fingerprint density at radius 1 is 0.900 bits per heavy atom. The second-order valence-electron chi connectivity index (χ2n) is 7.29. The monoisotopic (exact) mass is 431 g/mol. The van der Waals surface area contributed by atoms with Crippen molar-refractivity contribution in [1.82, 2.24) is 15.4 Å². The van der Waals surface area contributed by atoms with Crippen LogP contribution in [0, 0.1) is 20.8 Å². The maximum atomic E-state index is 12.3. The molecular formula is C22H29N3O4S. The molecule has 1 atom stereocenters. The van der Waals surface area contributed by atoms with Crippen LogP contribution in [-0.4, -0.2) is 33.3 Å². The number of hydrogen-bond acceptors (Lipinski definition) is 4. The predicted molar refractivity (Wildman–Crippen MR) is 116 cm³/mol. The maximum absolute atomic E-state index is 12.3. The van der Waals surface area contributed by atoms with Gasteiger partial charge >= 0.3 is 0 Å². The van der Waals surface area contributed by atoms with Crippen LogP contribution in [0.5, 0.6) is 0 Å². The van der Waals surface area contributed by atoms with E-state index >= 15 is 0 Å². The summed E-state index contributed by atoms with van der Waals surface area (Å²) in [5, 5.41) is 5.31. The average molecular weight is 432 g/mol. The van der Waals surface area contributed by atoms with Crippen LogP contribution in [0.15, 0.2) is 47.4 Å². The van der Waals surface area contributed by atoms with E-state index in [-0.39, 0.29) is 23.4 Å². The number of nitrogens with one attached hydrogen (secondary N) is 3. The molecule has 162 valence electrons. The molecule has 0 aliphatic rings. The molecular weight excluding hydrogens is 402 g/mol. The van der Waals surface area contributed by atoms with Gasteiger partial charge in [-0.1, -0.05) is 42.8 Å². The molecule has 0 spiro atoms. The zero-order chi connectivity index (χ0) is 22.3. The van der Waals surface area contributed by atoms with Crippen molar-refractivity contribution in [2.75, 3.05) is 13.1 Å². The smallest absolute Gasteiger partial charge is 0.241 e. The fourth-order valence-corrected chi connectivity index (χ4v) is 3.90. The summed E-state index contributed by atoms with van der Waals surface area (Å²) in [7, 11) is -3.81. The van der Waals surface area contributed by atoms with Crippen molar-refractivity contribution in [3.05, 3.63) is 64.7 Å². The lowest BCUT2D eigenvalue weighted by Crippen LogP contribution is -2.42. The van der Waals surface area contributed by atoms with Gasteiger partial charge in [-0.3, -0.25) is 9.59 Å². The summed E-state index contributed by atoms with van der Waals surface area (Å²) in [6.07, 6.45) is 0.707. The molecule has 0 fully saturated rings. The van der Waals surface area contributed by atoms with Crippen LogP contribution in [0.25, 0.3) is 0 Å². The Morgan fingerprint density at radius 2 is 1.57 bits per heavy atom. The summed E-state index contributed by atoms with van der Waals surface area (Å²) < 4.78 is 26.9. The molecule has 0 saturated carbocycles. The molecule has 8 heteroatoms. The molecule has 2 amide bonds. The molecule has 2 aromatic carbocycles. The first-order valence-corrected chi connectivity index (χ1v) is 11.3. The highest BCUT2D eigenvalue weighted by molar-refractivity contribution is 7.89. The molecule has 3 N–H and O–H groups in total. The summed E-state index contributed by atoms with van der Waals surface area (Å²) in [6, 6.07) is 12.5. The Kier molecular flexibility index (Phi) is 8.14. The molecule has 0 aliphatic heterocycles. The maximum Gasteiger partial charge on any atom is 0.241 e. The number of sulfonamides is 1. The van der Waals surface area contributed by atoms with Crippen LogP contribution in [0.3, 0.4) is 0 Å². The normalized spacial score (nSPS) is 12.3. The van der Waals surface area contributed by atoms with Crippen LogP contribution in [0.4, 0.5) is 0 Å². The molecule has 1 unspecified atom stereocenters. The third-order valence-corrected chi connectivity index (χ3v) is 6.28. The van der Waals surface area contributed by atoms with Gasteiger partial charge in [0, 0.05) is 0 Å². The van der Waals surface area contributed by atoms with Crippen molar-refractivity contribution in [3.8, 4) is 0 Å². The van der Waals surface area contributed by atoms with Gasteiger partial charge in [-0.2, -0.15) is 0 Å². The third kappa shape index (κ3) is 6.67. The van der Waals surface area contributed by atoms with Gasteiger partial charge in [0.15, 0.2) is 0 Å². The van der Waals surface area contributed by atoms with Crippen molar-refractivity contribution in [3.63, 3.8) is 0 Å². The Morgan fingerprint density at radius 3 is 2.17 bits per heavy atom. The van der Waals surface area contributed by atoms with Crippen LogP contribution in [-0.2, 0) is 19.6 Å². The van der Waals surface area contributed by atoms with Crippen LogP contribution >= 0.6 is 0 Å². The Labute approximate surface area is 178 Å². The van der Waals surface area contributed by atoms with Crippen LogP contribution in [0.1, 0.15) is 41.6 Å². The fourth-order valence-electron chi connectivity index (χ4n) is 2.83. The zero-order valence-electron chi connectivity index (χ0n) is 17.8. The van der Waals surface area contributed by atoms with E-state index in [4.69, 9.17) is 0 Å². The van der Waals surface area contributed by atoms with E-state index in [1.807, 2.05) is 52.0 Å². The summed E-state index contributed by atoms with van der Waals surface area (Å²) in [4.78, 5) is 24.3. The summed E-state index contributed by atoms with van der Waals surface area (Å²) in [5.74, 6) is -0.922. The molecule has 0 radical (unpaired) electrons. The number of amides is 2. The molecule has 7 nitrogen and oxygen atoms in total. The average Bonchev–Trinajstić information content (AvgIpc) is 2.71. The number of aryl methyl sites for hydroxylation is 3. The van der Waals surface area contributed by atoms with E-state index in [0.717, 1.165) is 22.3 Å². The highest BCUT2D eigenvalue weighted by Crippen LogP contribution is 2.17. The summed E-state index contributed by atoms with van der Waals surface area (Å²) >= 11 is 0. The first-order valence-electron chi connectivity index (χ1n) is 9.82. The highest BCUT2D eigenvalue weighted by atomic mass is 32.2. The topological polar surface area (TPSA) is 104 Å². The standard InChI is InChI=1S/C22H29N3O4S/c1-5-20(18-9-6-15(2)7-10-18)25-22(27)13-23-21(26)14-24-30(28,29)19-11-8-16(3)17(4)12-19/h6-12,20,24H,5,13-14H2,1-4H3,(H,23,26)(H,25,27). The molecule has 0 aromatic heterocycles. The van der Waals surface area contributed by atoms with Gasteiger partial charge in [-0.05, 0) is 56.0 Å². The van der Waals surface area contributed by atoms with Crippen molar-refractivity contribution < 1.29 is 18.0 Å². The highest BCUT2D eigenvalue weighted by Gasteiger charge is 2.17. The van der Waals surface area contributed by atoms with Crippen molar-refractivity contribution in [2.45, 2.75) is 45.1 Å². The SMILES string of the molecule is CCC(NC(=O)CNC(=O)CNS(=O)(=O)c1ccc(C)c(C)c1)c1ccc(C)cc1. The molecule has 30 heavy (non-hydrogen) atoms. The number of hydrogen-bond donors (Lipinski definition) is 3. The second kappa shape index (κ2) is 10.4. The second-order valence-corrected chi connectivity index (χ2v) is 9.05. The third-order valence-electron chi connectivity index (χ3n) is 4.88. The number of benzene rings is 2. The predicted octanol–water partition coefficient (Wildman–Crippen LogP) is 2.27. The van der Waals surface area contributed by atoms with E-state index in [2.05, 4.69) is 15.4 Å². The van der Waals surface area contributed by atoms with E-state index in [0.29, 0.717) is 6.42 Å². The molecule has 2 rings (SSSR count). The van der Waals surface area contributed by atoms with Gasteiger partial charge in [-0.15, -0.1) is 0 Å². The van der Waals surface area contributed by atoms with Gasteiger partial charge in [0.1, 0.15) is 0 Å². The van der Waals surface area contributed by atoms with Crippen molar-refractivity contribution >= 4 is 21.8 Å². The quantitative estimate of drug-likeness (QED) is 0.566. The van der Waals surface area contributed by atoms with E-state index in [9.17, 15) is 18.0 Å². The molecule has 0 aliphatic carbocycles. The number of rotatable bonds is 9. The number of carbonyl (C=O) groups is 2. The molecule has 0 bridgehead atoms. The lowest BCUT2D eigenvalue weighted by molar-refractivity contribution is -0.125. The van der Waals surface area contributed by atoms with Crippen molar-refractivity contribution in [2.24, 2.45) is 0 Å². The Hall–Kier alpha value is -2.71. The van der Waals surface area contributed by atoms with Crippen LogP contribution in [0.2, 0.25) is 0 Å². The first kappa shape index (κ1) is 23.6.